The summed E-state index contributed by atoms with van der Waals surface area (Å²) in [5.74, 6) is -0.646. The summed E-state index contributed by atoms with van der Waals surface area (Å²) in [5, 5.41) is 16.1. The predicted octanol–water partition coefficient (Wildman–Crippen LogP) is 3.76. The Morgan fingerprint density at radius 2 is 1.88 bits per heavy atom. The van der Waals surface area contributed by atoms with E-state index in [9.17, 15) is 9.59 Å². The number of rotatable bonds is 7. The molecule has 1 fully saturated rings. The lowest BCUT2D eigenvalue weighted by Crippen LogP contribution is -2.43. The first-order valence-corrected chi connectivity index (χ1v) is 10.7. The van der Waals surface area contributed by atoms with Gasteiger partial charge in [0.2, 0.25) is 5.91 Å². The standard InChI is InChI=1S/C26H23N5O3/c1-2-15-34-29-21-16-24(31(18-21)26(33)20-11-9-19(17-27)10-12-20)25(32)28-22-7-3-4-8-23(22)30-13-5-6-14-30/h2-14,24H,1,15-16,18H2,(H,28,32)/b29-21+. The Kier molecular flexibility index (Phi) is 6.84. The molecule has 2 aromatic carbocycles. The van der Waals surface area contributed by atoms with Gasteiger partial charge in [0.1, 0.15) is 12.6 Å². The Hall–Kier alpha value is -4.64. The minimum absolute atomic E-state index is 0.160. The molecule has 170 valence electrons. The largest absolute Gasteiger partial charge is 0.392 e. The molecule has 0 aliphatic carbocycles. The molecule has 0 spiro atoms. The van der Waals surface area contributed by atoms with Crippen LogP contribution in [0.5, 0.6) is 0 Å². The first kappa shape index (κ1) is 22.6. The molecule has 0 radical (unpaired) electrons. The van der Waals surface area contributed by atoms with Gasteiger partial charge in [-0.2, -0.15) is 5.26 Å². The van der Waals surface area contributed by atoms with Crippen LogP contribution >= 0.6 is 0 Å². The zero-order chi connectivity index (χ0) is 23.9. The van der Waals surface area contributed by atoms with Gasteiger partial charge in [-0.15, -0.1) is 0 Å². The number of para-hydroxylation sites is 2. The molecule has 4 rings (SSSR count). The van der Waals surface area contributed by atoms with Gasteiger partial charge < -0.3 is 19.6 Å². The number of anilines is 1. The van der Waals surface area contributed by atoms with Gasteiger partial charge >= 0.3 is 0 Å². The van der Waals surface area contributed by atoms with Crippen molar-refractivity contribution in [1.82, 2.24) is 9.47 Å². The summed E-state index contributed by atoms with van der Waals surface area (Å²) in [4.78, 5) is 33.4. The number of carbonyl (C=O) groups excluding carboxylic acids is 2. The SMILES string of the molecule is C=CCO/N=C1\CC(C(=O)Nc2ccccc2-n2cccc2)N(C(=O)c2ccc(C#N)cc2)C1. The average Bonchev–Trinajstić information content (AvgIpc) is 3.55. The molecule has 0 saturated carbocycles. The summed E-state index contributed by atoms with van der Waals surface area (Å²) in [6.07, 6.45) is 5.60. The molecule has 8 nitrogen and oxygen atoms in total. The molecule has 1 aliphatic rings. The lowest BCUT2D eigenvalue weighted by molar-refractivity contribution is -0.119. The van der Waals surface area contributed by atoms with E-state index in [1.807, 2.05) is 59.4 Å². The van der Waals surface area contributed by atoms with Crippen LogP contribution in [0, 0.1) is 11.3 Å². The second-order valence-corrected chi connectivity index (χ2v) is 7.68. The van der Waals surface area contributed by atoms with E-state index >= 15 is 0 Å². The Balaban J connectivity index is 1.60. The van der Waals surface area contributed by atoms with Crippen LogP contribution in [0.15, 0.2) is 90.9 Å². The Morgan fingerprint density at radius 1 is 1.15 bits per heavy atom. The average molecular weight is 454 g/mol. The van der Waals surface area contributed by atoms with Crippen molar-refractivity contribution in [2.24, 2.45) is 5.16 Å². The molecule has 8 heteroatoms. The van der Waals surface area contributed by atoms with E-state index in [-0.39, 0.29) is 31.4 Å². The topological polar surface area (TPSA) is 99.7 Å². The number of hydrogen-bond donors (Lipinski definition) is 1. The Labute approximate surface area is 197 Å². The van der Waals surface area contributed by atoms with Crippen molar-refractivity contribution in [2.75, 3.05) is 18.5 Å². The summed E-state index contributed by atoms with van der Waals surface area (Å²) in [6, 6.07) is 18.8. The zero-order valence-electron chi connectivity index (χ0n) is 18.4. The van der Waals surface area contributed by atoms with Crippen LogP contribution in [0.1, 0.15) is 22.3 Å². The number of benzene rings is 2. The van der Waals surface area contributed by atoms with Gasteiger partial charge in [0, 0.05) is 24.4 Å². The molecule has 1 aliphatic heterocycles. The zero-order valence-corrected chi connectivity index (χ0v) is 18.4. The molecule has 1 aromatic heterocycles. The number of carbonyl (C=O) groups is 2. The first-order chi connectivity index (χ1) is 16.6. The molecule has 0 bridgehead atoms. The van der Waals surface area contributed by atoms with E-state index in [4.69, 9.17) is 10.1 Å². The van der Waals surface area contributed by atoms with E-state index in [1.165, 1.54) is 4.90 Å². The highest BCUT2D eigenvalue weighted by Crippen LogP contribution is 2.24. The van der Waals surface area contributed by atoms with Crippen LogP contribution in [0.4, 0.5) is 5.69 Å². The number of likely N-dealkylation sites (tertiary alicyclic amines) is 1. The van der Waals surface area contributed by atoms with Crippen molar-refractivity contribution in [3.63, 3.8) is 0 Å². The quantitative estimate of drug-likeness (QED) is 0.334. The Morgan fingerprint density at radius 3 is 2.59 bits per heavy atom. The highest BCUT2D eigenvalue weighted by Gasteiger charge is 2.38. The van der Waals surface area contributed by atoms with Gasteiger partial charge in [0.25, 0.3) is 5.91 Å². The molecule has 3 aromatic rings. The van der Waals surface area contributed by atoms with Gasteiger partial charge in [0.05, 0.1) is 35.3 Å². The summed E-state index contributed by atoms with van der Waals surface area (Å²) < 4.78 is 1.90. The Bertz CT molecular complexity index is 1260. The van der Waals surface area contributed by atoms with Crippen LogP contribution in [-0.4, -0.2) is 46.2 Å². The summed E-state index contributed by atoms with van der Waals surface area (Å²) in [6.45, 7) is 3.98. The summed E-state index contributed by atoms with van der Waals surface area (Å²) >= 11 is 0. The maximum atomic E-state index is 13.4. The molecule has 2 amide bonds. The lowest BCUT2D eigenvalue weighted by Gasteiger charge is -2.24. The van der Waals surface area contributed by atoms with Crippen LogP contribution in [0.2, 0.25) is 0 Å². The smallest absolute Gasteiger partial charge is 0.254 e. The number of nitrogens with zero attached hydrogens (tertiary/aromatic N) is 4. The summed E-state index contributed by atoms with van der Waals surface area (Å²) in [5.41, 5.74) is 2.87. The van der Waals surface area contributed by atoms with Gasteiger partial charge in [-0.05, 0) is 48.5 Å². The molecule has 1 unspecified atom stereocenters. The third-order valence-corrected chi connectivity index (χ3v) is 5.41. The normalized spacial score (nSPS) is 16.1. The van der Waals surface area contributed by atoms with Crippen molar-refractivity contribution in [3.8, 4) is 11.8 Å². The molecule has 1 N–H and O–H groups in total. The maximum Gasteiger partial charge on any atom is 0.254 e. The fourth-order valence-corrected chi connectivity index (χ4v) is 3.77. The van der Waals surface area contributed by atoms with Crippen molar-refractivity contribution in [3.05, 3.63) is 96.8 Å². The molecule has 1 saturated heterocycles. The monoisotopic (exact) mass is 453 g/mol. The number of amides is 2. The van der Waals surface area contributed by atoms with E-state index in [0.29, 0.717) is 22.5 Å². The van der Waals surface area contributed by atoms with E-state index in [0.717, 1.165) is 5.69 Å². The minimum atomic E-state index is -0.771. The highest BCUT2D eigenvalue weighted by molar-refractivity contribution is 6.08. The number of hydrogen-bond acceptors (Lipinski definition) is 5. The van der Waals surface area contributed by atoms with Crippen molar-refractivity contribution >= 4 is 23.2 Å². The van der Waals surface area contributed by atoms with Crippen LogP contribution < -0.4 is 5.32 Å². The molecular weight excluding hydrogens is 430 g/mol. The second kappa shape index (κ2) is 10.3. The molecule has 1 atom stereocenters. The molecule has 2 heterocycles. The van der Waals surface area contributed by atoms with Crippen LogP contribution in [-0.2, 0) is 9.63 Å². The number of aromatic nitrogens is 1. The number of nitriles is 1. The number of nitrogens with one attached hydrogen (secondary N) is 1. The van der Waals surface area contributed by atoms with Gasteiger partial charge in [-0.25, -0.2) is 0 Å². The van der Waals surface area contributed by atoms with E-state index in [2.05, 4.69) is 17.1 Å². The van der Waals surface area contributed by atoms with Gasteiger partial charge in [0.15, 0.2) is 0 Å². The fourth-order valence-electron chi connectivity index (χ4n) is 3.77. The van der Waals surface area contributed by atoms with Crippen LogP contribution in [0.3, 0.4) is 0 Å². The van der Waals surface area contributed by atoms with Crippen molar-refractivity contribution in [2.45, 2.75) is 12.5 Å². The van der Waals surface area contributed by atoms with E-state index in [1.54, 1.807) is 30.3 Å². The maximum absolute atomic E-state index is 13.4. The third-order valence-electron chi connectivity index (χ3n) is 5.41. The van der Waals surface area contributed by atoms with E-state index < -0.39 is 6.04 Å². The van der Waals surface area contributed by atoms with Gasteiger partial charge in [-0.3, -0.25) is 9.59 Å². The predicted molar refractivity (Wildman–Crippen MR) is 129 cm³/mol. The molecular formula is C26H23N5O3. The second-order valence-electron chi connectivity index (χ2n) is 7.68. The first-order valence-electron chi connectivity index (χ1n) is 10.7. The highest BCUT2D eigenvalue weighted by atomic mass is 16.6. The minimum Gasteiger partial charge on any atom is -0.392 e. The molecule has 34 heavy (non-hydrogen) atoms. The third kappa shape index (κ3) is 4.89. The number of oxime groups is 1. The van der Waals surface area contributed by atoms with Crippen LogP contribution in [0.25, 0.3) is 5.69 Å². The van der Waals surface area contributed by atoms with Crippen molar-refractivity contribution in [1.29, 1.82) is 5.26 Å². The van der Waals surface area contributed by atoms with Gasteiger partial charge in [-0.1, -0.05) is 29.9 Å². The summed E-state index contributed by atoms with van der Waals surface area (Å²) in [7, 11) is 0. The lowest BCUT2D eigenvalue weighted by atomic mass is 10.1. The fraction of sp³-hybridized carbons (Fsp3) is 0.154. The van der Waals surface area contributed by atoms with Crippen molar-refractivity contribution < 1.29 is 14.4 Å².